The summed E-state index contributed by atoms with van der Waals surface area (Å²) in [5.41, 5.74) is -0.215. The van der Waals surface area contributed by atoms with Crippen molar-refractivity contribution in [3.8, 4) is 11.6 Å². The van der Waals surface area contributed by atoms with Crippen molar-refractivity contribution in [3.05, 3.63) is 70.5 Å². The lowest BCUT2D eigenvalue weighted by atomic mass is 9.98. The fourth-order valence-electron chi connectivity index (χ4n) is 4.08. The molecule has 0 amide bonds. The quantitative estimate of drug-likeness (QED) is 0.352. The summed E-state index contributed by atoms with van der Waals surface area (Å²) in [6.07, 6.45) is -1.52. The summed E-state index contributed by atoms with van der Waals surface area (Å²) in [4.78, 5) is 9.53. The standard InChI is InChI=1S/C26H28ClF3N4O4S/c1-17-14-31-24(33-39(35,36)23-6-4-3-5-20(23)26(28,29)30)25(32-17)38-16-19-7-8-21(27)22(13-19)37-15-18-9-11-34(2)12-10-18/h3-8,13-14,18H,9-12,15-16H2,1-2H3,(H,31,33). The van der Waals surface area contributed by atoms with Crippen LogP contribution in [-0.4, -0.2) is 50.0 Å². The molecule has 0 unspecified atom stereocenters. The minimum Gasteiger partial charge on any atom is -0.492 e. The van der Waals surface area contributed by atoms with Crippen LogP contribution >= 0.6 is 11.6 Å². The molecule has 0 radical (unpaired) electrons. The van der Waals surface area contributed by atoms with Gasteiger partial charge in [0.1, 0.15) is 12.4 Å². The molecule has 1 aliphatic rings. The van der Waals surface area contributed by atoms with Crippen LogP contribution in [0.2, 0.25) is 5.02 Å². The second kappa shape index (κ2) is 12.0. The summed E-state index contributed by atoms with van der Waals surface area (Å²) in [5.74, 6) is 0.395. The molecule has 13 heteroatoms. The van der Waals surface area contributed by atoms with Gasteiger partial charge in [0.05, 0.1) is 34.0 Å². The van der Waals surface area contributed by atoms with Gasteiger partial charge in [-0.05, 0) is 75.6 Å². The maximum Gasteiger partial charge on any atom is 0.417 e. The number of rotatable bonds is 9. The summed E-state index contributed by atoms with van der Waals surface area (Å²) in [5, 5.41) is 0.443. The normalized spacial score (nSPS) is 15.2. The highest BCUT2D eigenvalue weighted by molar-refractivity contribution is 7.92. The van der Waals surface area contributed by atoms with Gasteiger partial charge in [-0.25, -0.2) is 18.4 Å². The predicted molar refractivity (Wildman–Crippen MR) is 141 cm³/mol. The smallest absolute Gasteiger partial charge is 0.417 e. The SMILES string of the molecule is Cc1cnc(NS(=O)(=O)c2ccccc2C(F)(F)F)c(OCc2ccc(Cl)c(OCC3CCN(C)CC3)c2)n1. The van der Waals surface area contributed by atoms with Gasteiger partial charge in [-0.15, -0.1) is 0 Å². The van der Waals surface area contributed by atoms with Crippen LogP contribution in [0.25, 0.3) is 0 Å². The maximum absolute atomic E-state index is 13.4. The van der Waals surface area contributed by atoms with Crippen LogP contribution in [0.3, 0.4) is 0 Å². The molecule has 1 fully saturated rings. The number of aryl methyl sites for hydroxylation is 1. The second-order valence-electron chi connectivity index (χ2n) is 9.38. The van der Waals surface area contributed by atoms with Crippen LogP contribution in [0, 0.1) is 12.8 Å². The number of aromatic nitrogens is 2. The van der Waals surface area contributed by atoms with Crippen molar-refractivity contribution >= 4 is 27.4 Å². The lowest BCUT2D eigenvalue weighted by Crippen LogP contribution is -2.32. The molecule has 210 valence electrons. The third-order valence-electron chi connectivity index (χ3n) is 6.26. The van der Waals surface area contributed by atoms with Crippen molar-refractivity contribution < 1.29 is 31.1 Å². The van der Waals surface area contributed by atoms with Gasteiger partial charge in [-0.1, -0.05) is 29.8 Å². The van der Waals surface area contributed by atoms with E-state index >= 15 is 0 Å². The lowest BCUT2D eigenvalue weighted by Gasteiger charge is -2.28. The Labute approximate surface area is 230 Å². The molecule has 1 saturated heterocycles. The summed E-state index contributed by atoms with van der Waals surface area (Å²) >= 11 is 6.32. The monoisotopic (exact) mass is 584 g/mol. The number of benzene rings is 2. The van der Waals surface area contributed by atoms with Crippen LogP contribution in [0.5, 0.6) is 11.6 Å². The molecule has 2 aromatic carbocycles. The molecule has 0 saturated carbocycles. The summed E-state index contributed by atoms with van der Waals surface area (Å²) in [6.45, 7) is 4.14. The van der Waals surface area contributed by atoms with Crippen molar-refractivity contribution in [1.82, 2.24) is 14.9 Å². The number of hydrogen-bond donors (Lipinski definition) is 1. The second-order valence-corrected chi connectivity index (χ2v) is 11.4. The van der Waals surface area contributed by atoms with E-state index in [4.69, 9.17) is 21.1 Å². The van der Waals surface area contributed by atoms with Crippen LogP contribution in [0.15, 0.2) is 53.6 Å². The highest BCUT2D eigenvalue weighted by Crippen LogP contribution is 2.35. The molecule has 2 heterocycles. The molecule has 0 atom stereocenters. The zero-order valence-electron chi connectivity index (χ0n) is 21.3. The van der Waals surface area contributed by atoms with E-state index < -0.39 is 26.7 Å². The van der Waals surface area contributed by atoms with E-state index in [-0.39, 0.29) is 18.3 Å². The highest BCUT2D eigenvalue weighted by atomic mass is 35.5. The van der Waals surface area contributed by atoms with Gasteiger partial charge in [0, 0.05) is 0 Å². The maximum atomic E-state index is 13.4. The Morgan fingerprint density at radius 1 is 1.13 bits per heavy atom. The molecular weight excluding hydrogens is 557 g/mol. The Bertz CT molecular complexity index is 1410. The topological polar surface area (TPSA) is 93.7 Å². The Morgan fingerprint density at radius 3 is 2.56 bits per heavy atom. The van der Waals surface area contributed by atoms with E-state index in [0.29, 0.717) is 40.6 Å². The van der Waals surface area contributed by atoms with E-state index in [9.17, 15) is 21.6 Å². The number of sulfonamides is 1. The molecule has 1 aliphatic heterocycles. The molecule has 0 bridgehead atoms. The Morgan fingerprint density at radius 2 is 1.85 bits per heavy atom. The molecule has 0 aliphatic carbocycles. The Hall–Kier alpha value is -3.09. The van der Waals surface area contributed by atoms with Crippen molar-refractivity contribution in [2.45, 2.75) is 37.4 Å². The summed E-state index contributed by atoms with van der Waals surface area (Å²) in [7, 11) is -2.58. The lowest BCUT2D eigenvalue weighted by molar-refractivity contribution is -0.139. The highest BCUT2D eigenvalue weighted by Gasteiger charge is 2.37. The molecule has 1 N–H and O–H groups in total. The Balaban J connectivity index is 1.49. The number of likely N-dealkylation sites (tertiary alicyclic amines) is 1. The minimum atomic E-state index is -4.87. The molecular formula is C26H28ClF3N4O4S. The third-order valence-corrected chi connectivity index (χ3v) is 7.97. The fraction of sp³-hybridized carbons (Fsp3) is 0.385. The van der Waals surface area contributed by atoms with E-state index in [1.165, 1.54) is 12.3 Å². The van der Waals surface area contributed by atoms with Gasteiger partial charge in [-0.3, -0.25) is 4.72 Å². The molecule has 1 aromatic heterocycles. The first-order valence-electron chi connectivity index (χ1n) is 12.2. The van der Waals surface area contributed by atoms with Crippen molar-refractivity contribution in [2.24, 2.45) is 5.92 Å². The van der Waals surface area contributed by atoms with Crippen molar-refractivity contribution in [1.29, 1.82) is 0 Å². The Kier molecular flexibility index (Phi) is 8.87. The third kappa shape index (κ3) is 7.52. The fourth-order valence-corrected chi connectivity index (χ4v) is 5.49. The van der Waals surface area contributed by atoms with E-state index in [0.717, 1.165) is 38.1 Å². The van der Waals surface area contributed by atoms with Crippen molar-refractivity contribution in [3.63, 3.8) is 0 Å². The average Bonchev–Trinajstić information content (AvgIpc) is 2.89. The predicted octanol–water partition coefficient (Wildman–Crippen LogP) is 5.56. The molecule has 0 spiro atoms. The number of hydrogen-bond acceptors (Lipinski definition) is 7. The van der Waals surface area contributed by atoms with Gasteiger partial charge < -0.3 is 14.4 Å². The zero-order valence-corrected chi connectivity index (χ0v) is 22.9. The van der Waals surface area contributed by atoms with Crippen LogP contribution < -0.4 is 14.2 Å². The van der Waals surface area contributed by atoms with E-state index in [1.54, 1.807) is 25.1 Å². The number of halogens is 4. The molecule has 4 rings (SSSR count). The molecule has 3 aromatic rings. The summed E-state index contributed by atoms with van der Waals surface area (Å²) < 4.78 is 79.9. The number of nitrogens with zero attached hydrogens (tertiary/aromatic N) is 3. The van der Waals surface area contributed by atoms with Gasteiger partial charge in [0.2, 0.25) is 5.82 Å². The van der Waals surface area contributed by atoms with Crippen LogP contribution in [0.4, 0.5) is 19.0 Å². The number of alkyl halides is 3. The number of ether oxygens (including phenoxy) is 2. The first kappa shape index (κ1) is 28.9. The number of nitrogens with one attached hydrogen (secondary N) is 1. The van der Waals surface area contributed by atoms with E-state index in [1.807, 2.05) is 0 Å². The first-order chi connectivity index (χ1) is 18.4. The van der Waals surface area contributed by atoms with Crippen molar-refractivity contribution in [2.75, 3.05) is 31.5 Å². The van der Waals surface area contributed by atoms with Gasteiger partial charge in [0.25, 0.3) is 15.9 Å². The number of anilines is 1. The zero-order chi connectivity index (χ0) is 28.2. The number of piperidine rings is 1. The average molecular weight is 585 g/mol. The summed E-state index contributed by atoms with van der Waals surface area (Å²) in [6, 6.07) is 8.99. The molecule has 39 heavy (non-hydrogen) atoms. The van der Waals surface area contributed by atoms with Gasteiger partial charge >= 0.3 is 6.18 Å². The van der Waals surface area contributed by atoms with Gasteiger partial charge in [-0.2, -0.15) is 13.2 Å². The largest absolute Gasteiger partial charge is 0.492 e. The van der Waals surface area contributed by atoms with Crippen LogP contribution in [0.1, 0.15) is 29.7 Å². The minimum absolute atomic E-state index is 0.0479. The van der Waals surface area contributed by atoms with E-state index in [2.05, 4.69) is 26.6 Å². The first-order valence-corrected chi connectivity index (χ1v) is 14.0. The van der Waals surface area contributed by atoms with Gasteiger partial charge in [0.15, 0.2) is 0 Å². The van der Waals surface area contributed by atoms with Crippen LogP contribution in [-0.2, 0) is 22.8 Å². The molecule has 8 nitrogen and oxygen atoms in total.